The van der Waals surface area contributed by atoms with Gasteiger partial charge in [0.15, 0.2) is 5.82 Å². The number of hydrogen-bond donors (Lipinski definition) is 1. The third kappa shape index (κ3) is 5.51. The molecule has 1 amide bonds. The van der Waals surface area contributed by atoms with E-state index < -0.39 is 5.60 Å². The Morgan fingerprint density at radius 3 is 2.61 bits per heavy atom. The van der Waals surface area contributed by atoms with E-state index in [4.69, 9.17) is 15.2 Å². The first-order valence-electron chi connectivity index (χ1n) is 12.8. The van der Waals surface area contributed by atoms with Gasteiger partial charge in [0.25, 0.3) is 0 Å². The lowest BCUT2D eigenvalue weighted by Gasteiger charge is -2.40. The van der Waals surface area contributed by atoms with Crippen LogP contribution in [0.15, 0.2) is 66.9 Å². The van der Waals surface area contributed by atoms with E-state index >= 15 is 0 Å². The predicted octanol–water partition coefficient (Wildman–Crippen LogP) is 5.03. The van der Waals surface area contributed by atoms with Crippen LogP contribution in [0.2, 0.25) is 0 Å². The Morgan fingerprint density at radius 2 is 1.87 bits per heavy atom. The molecule has 2 aromatic carbocycles. The second-order valence-corrected chi connectivity index (χ2v) is 10.6. The van der Waals surface area contributed by atoms with Gasteiger partial charge in [0.2, 0.25) is 0 Å². The molecule has 9 nitrogen and oxygen atoms in total. The monoisotopic (exact) mass is 514 g/mol. The molecule has 4 aromatic rings. The van der Waals surface area contributed by atoms with Crippen LogP contribution in [0, 0.1) is 0 Å². The molecule has 38 heavy (non-hydrogen) atoms. The molecular formula is C29H34N6O3. The second-order valence-electron chi connectivity index (χ2n) is 10.6. The van der Waals surface area contributed by atoms with Gasteiger partial charge in [-0.15, -0.1) is 5.10 Å². The number of carbonyl (C=O) groups excluding carboxylic acids is 1. The lowest BCUT2D eigenvalue weighted by atomic mass is 10.2. The number of ether oxygens (including phenoxy) is 2. The number of benzene rings is 2. The lowest BCUT2D eigenvalue weighted by molar-refractivity contribution is 0.0218. The molecule has 0 unspecified atom stereocenters. The van der Waals surface area contributed by atoms with Crippen molar-refractivity contribution in [2.24, 2.45) is 0 Å². The minimum atomic E-state index is -0.520. The lowest BCUT2D eigenvalue weighted by Crippen LogP contribution is -2.54. The Labute approximate surface area is 222 Å². The molecule has 0 aliphatic carbocycles. The highest BCUT2D eigenvalue weighted by atomic mass is 16.6. The maximum absolute atomic E-state index is 12.6. The van der Waals surface area contributed by atoms with Crippen molar-refractivity contribution in [2.45, 2.75) is 45.9 Å². The predicted molar refractivity (Wildman–Crippen MR) is 149 cm³/mol. The molecule has 2 aromatic heterocycles. The summed E-state index contributed by atoms with van der Waals surface area (Å²) in [5.74, 6) is 2.01. The second kappa shape index (κ2) is 10.2. The number of nitrogen functional groups attached to an aromatic ring is 1. The summed E-state index contributed by atoms with van der Waals surface area (Å²) in [6, 6.07) is 19.8. The van der Waals surface area contributed by atoms with Crippen molar-refractivity contribution in [3.05, 3.63) is 72.4 Å². The first kappa shape index (κ1) is 25.4. The molecule has 0 bridgehead atoms. The van der Waals surface area contributed by atoms with Gasteiger partial charge in [-0.25, -0.2) is 14.5 Å². The fourth-order valence-electron chi connectivity index (χ4n) is 4.63. The van der Waals surface area contributed by atoms with E-state index in [-0.39, 0.29) is 12.1 Å². The van der Waals surface area contributed by atoms with E-state index in [0.717, 1.165) is 33.7 Å². The van der Waals surface area contributed by atoms with Gasteiger partial charge in [-0.3, -0.25) is 0 Å². The number of anilines is 2. The number of carbonyl (C=O) groups is 1. The average molecular weight is 515 g/mol. The summed E-state index contributed by atoms with van der Waals surface area (Å²) in [5.41, 5.74) is 8.55. The number of nitrogens with two attached hydrogens (primary N) is 1. The highest BCUT2D eigenvalue weighted by molar-refractivity contribution is 5.91. The first-order valence-corrected chi connectivity index (χ1v) is 12.8. The van der Waals surface area contributed by atoms with Gasteiger partial charge in [-0.05, 0) is 51.5 Å². The SMILES string of the molecule is C[C@H]1CN(C(=O)OC(C)(C)C)CCN1c1cc(-n2nc(N)c3ccc(OCc4ccccc4)cc32)ccn1. The Hall–Kier alpha value is -4.27. The Morgan fingerprint density at radius 1 is 1.08 bits per heavy atom. The molecule has 1 aliphatic heterocycles. The van der Waals surface area contributed by atoms with E-state index in [9.17, 15) is 4.79 Å². The van der Waals surface area contributed by atoms with Crippen molar-refractivity contribution in [2.75, 3.05) is 30.3 Å². The molecule has 198 valence electrons. The van der Waals surface area contributed by atoms with Crippen molar-refractivity contribution in [3.8, 4) is 11.4 Å². The minimum absolute atomic E-state index is 0.0662. The van der Waals surface area contributed by atoms with Gasteiger partial charge >= 0.3 is 6.09 Å². The molecule has 1 aliphatic rings. The number of piperazine rings is 1. The van der Waals surface area contributed by atoms with Crippen LogP contribution >= 0.6 is 0 Å². The van der Waals surface area contributed by atoms with Gasteiger partial charge in [0, 0.05) is 49.4 Å². The largest absolute Gasteiger partial charge is 0.489 e. The summed E-state index contributed by atoms with van der Waals surface area (Å²) in [6.07, 6.45) is 1.49. The summed E-state index contributed by atoms with van der Waals surface area (Å²) in [6.45, 7) is 9.96. The molecule has 3 heterocycles. The van der Waals surface area contributed by atoms with E-state index in [1.165, 1.54) is 0 Å². The number of aromatic nitrogens is 3. The maximum Gasteiger partial charge on any atom is 0.410 e. The maximum atomic E-state index is 12.6. The van der Waals surface area contributed by atoms with Gasteiger partial charge in [-0.1, -0.05) is 30.3 Å². The number of hydrogen-bond acceptors (Lipinski definition) is 7. The number of rotatable bonds is 5. The van der Waals surface area contributed by atoms with Crippen molar-refractivity contribution in [1.82, 2.24) is 19.7 Å². The summed E-state index contributed by atoms with van der Waals surface area (Å²) in [4.78, 5) is 21.1. The van der Waals surface area contributed by atoms with Gasteiger partial charge in [0.1, 0.15) is 23.8 Å². The number of nitrogens with zero attached hydrogens (tertiary/aromatic N) is 5. The van der Waals surface area contributed by atoms with E-state index in [1.807, 2.05) is 86.1 Å². The number of fused-ring (bicyclic) bond motifs is 1. The standard InChI is InChI=1S/C29H34N6O3/c1-20-18-33(28(36)38-29(2,3)4)14-15-34(20)26-16-22(12-13-31-26)35-25-17-23(10-11-24(25)27(30)32-35)37-19-21-8-6-5-7-9-21/h5-13,16-17,20H,14-15,18-19H2,1-4H3,(H2,30,32)/t20-/m0/s1. The van der Waals surface area contributed by atoms with Crippen LogP contribution in [0.25, 0.3) is 16.6 Å². The van der Waals surface area contributed by atoms with Crippen molar-refractivity contribution < 1.29 is 14.3 Å². The summed E-state index contributed by atoms with van der Waals surface area (Å²) >= 11 is 0. The van der Waals surface area contributed by atoms with Gasteiger partial charge in [0.05, 0.1) is 11.2 Å². The summed E-state index contributed by atoms with van der Waals surface area (Å²) in [5, 5.41) is 5.47. The van der Waals surface area contributed by atoms with Crippen LogP contribution in [0.1, 0.15) is 33.3 Å². The molecule has 1 saturated heterocycles. The highest BCUT2D eigenvalue weighted by Gasteiger charge is 2.30. The van der Waals surface area contributed by atoms with E-state index in [1.54, 1.807) is 11.1 Å². The van der Waals surface area contributed by atoms with E-state index in [2.05, 4.69) is 21.9 Å². The third-order valence-electron chi connectivity index (χ3n) is 6.48. The molecule has 1 atom stereocenters. The number of pyridine rings is 1. The topological polar surface area (TPSA) is 98.7 Å². The van der Waals surface area contributed by atoms with E-state index in [0.29, 0.717) is 32.1 Å². The van der Waals surface area contributed by atoms with Crippen molar-refractivity contribution >= 4 is 28.6 Å². The van der Waals surface area contributed by atoms with Crippen LogP contribution in [-0.2, 0) is 11.3 Å². The zero-order valence-electron chi connectivity index (χ0n) is 22.3. The van der Waals surface area contributed by atoms with Crippen molar-refractivity contribution in [3.63, 3.8) is 0 Å². The van der Waals surface area contributed by atoms with Crippen LogP contribution in [0.3, 0.4) is 0 Å². The van der Waals surface area contributed by atoms with Crippen LogP contribution < -0.4 is 15.4 Å². The zero-order chi connectivity index (χ0) is 26.9. The van der Waals surface area contributed by atoms with Crippen LogP contribution in [0.5, 0.6) is 5.75 Å². The highest BCUT2D eigenvalue weighted by Crippen LogP contribution is 2.29. The summed E-state index contributed by atoms with van der Waals surface area (Å²) < 4.78 is 13.4. The minimum Gasteiger partial charge on any atom is -0.489 e. The molecule has 0 radical (unpaired) electrons. The quantitative estimate of drug-likeness (QED) is 0.399. The number of amides is 1. The molecule has 2 N–H and O–H groups in total. The van der Waals surface area contributed by atoms with Gasteiger partial charge in [-0.2, -0.15) is 0 Å². The van der Waals surface area contributed by atoms with Gasteiger partial charge < -0.3 is 25.0 Å². The molecule has 5 rings (SSSR count). The van der Waals surface area contributed by atoms with Crippen molar-refractivity contribution in [1.29, 1.82) is 0 Å². The molecular weight excluding hydrogens is 480 g/mol. The summed E-state index contributed by atoms with van der Waals surface area (Å²) in [7, 11) is 0. The third-order valence-corrected chi connectivity index (χ3v) is 6.48. The molecule has 1 fully saturated rings. The molecule has 0 spiro atoms. The fourth-order valence-corrected chi connectivity index (χ4v) is 4.63. The fraction of sp³-hybridized carbons (Fsp3) is 0.345. The average Bonchev–Trinajstić information content (AvgIpc) is 3.23. The first-order chi connectivity index (χ1) is 18.2. The Kier molecular flexibility index (Phi) is 6.84. The zero-order valence-corrected chi connectivity index (χ0v) is 22.3. The smallest absolute Gasteiger partial charge is 0.410 e. The van der Waals surface area contributed by atoms with Crippen LogP contribution in [-0.4, -0.2) is 57.0 Å². The van der Waals surface area contributed by atoms with Crippen LogP contribution in [0.4, 0.5) is 16.4 Å². The normalized spacial score (nSPS) is 16.1. The molecule has 9 heteroatoms. The Balaban J connectivity index is 1.36. The molecule has 0 saturated carbocycles. The Bertz CT molecular complexity index is 1430.